The molecule has 0 fully saturated rings. The van der Waals surface area contributed by atoms with Gasteiger partial charge in [-0.1, -0.05) is 0 Å². The number of hydrazine groups is 1. The molecular weight excluding hydrogens is 114 g/mol. The van der Waals surface area contributed by atoms with Crippen molar-refractivity contribution < 1.29 is 0 Å². The zero-order chi connectivity index (χ0) is 7.28. The van der Waals surface area contributed by atoms with Crippen LogP contribution in [0, 0.1) is 0 Å². The Bertz CT molecular complexity index is 63.3. The fourth-order valence-corrected chi connectivity index (χ4v) is 0.474. The molecule has 0 aromatic heterocycles. The Morgan fingerprint density at radius 1 is 1.22 bits per heavy atom. The molecule has 3 nitrogen and oxygen atoms in total. The highest BCUT2D eigenvalue weighted by atomic mass is 15.6. The third kappa shape index (κ3) is 4.39. The predicted octanol–water partition coefficient (Wildman–Crippen LogP) is -0.386. The minimum absolute atomic E-state index is 1.04. The van der Waals surface area contributed by atoms with E-state index >= 15 is 0 Å². The van der Waals surface area contributed by atoms with Crippen LogP contribution in [-0.2, 0) is 0 Å². The zero-order valence-electron chi connectivity index (χ0n) is 6.81. The van der Waals surface area contributed by atoms with E-state index < -0.39 is 0 Å². The lowest BCUT2D eigenvalue weighted by atomic mass is 10.6. The molecule has 0 radical (unpaired) electrons. The van der Waals surface area contributed by atoms with E-state index in [4.69, 9.17) is 0 Å². The largest absolute Gasteiger partial charge is 0.318 e. The van der Waals surface area contributed by atoms with E-state index in [1.165, 1.54) is 0 Å². The Morgan fingerprint density at radius 3 is 2.11 bits per heavy atom. The molecule has 0 unspecified atom stereocenters. The summed E-state index contributed by atoms with van der Waals surface area (Å²) in [4.78, 5) is 0. The van der Waals surface area contributed by atoms with Gasteiger partial charge in [-0.05, 0) is 7.05 Å². The van der Waals surface area contributed by atoms with Crippen LogP contribution in [0.4, 0.5) is 0 Å². The SMILES string of the molecule is CNCCN(C)N(C)C. The van der Waals surface area contributed by atoms with Gasteiger partial charge in [0.2, 0.25) is 0 Å². The van der Waals surface area contributed by atoms with Crippen molar-refractivity contribution in [1.82, 2.24) is 15.3 Å². The molecule has 3 heteroatoms. The summed E-state index contributed by atoms with van der Waals surface area (Å²) in [6.45, 7) is 2.10. The first-order valence-corrected chi connectivity index (χ1v) is 3.21. The molecule has 0 saturated carbocycles. The summed E-state index contributed by atoms with van der Waals surface area (Å²) in [5, 5.41) is 7.30. The Hall–Kier alpha value is -0.120. The molecule has 1 N–H and O–H groups in total. The lowest BCUT2D eigenvalue weighted by molar-refractivity contribution is 0.0581. The lowest BCUT2D eigenvalue weighted by Gasteiger charge is -2.23. The maximum Gasteiger partial charge on any atom is 0.0255 e. The Balaban J connectivity index is 3.16. The molecule has 9 heavy (non-hydrogen) atoms. The second-order valence-corrected chi connectivity index (χ2v) is 2.33. The van der Waals surface area contributed by atoms with Crippen LogP contribution < -0.4 is 5.32 Å². The van der Waals surface area contributed by atoms with Crippen LogP contribution >= 0.6 is 0 Å². The normalized spacial score (nSPS) is 11.3. The fourth-order valence-electron chi connectivity index (χ4n) is 0.474. The van der Waals surface area contributed by atoms with Crippen LogP contribution in [0.15, 0.2) is 0 Å². The molecule has 0 aliphatic carbocycles. The molecule has 0 spiro atoms. The molecule has 0 aliphatic rings. The van der Waals surface area contributed by atoms with E-state index in [-0.39, 0.29) is 0 Å². The molecule has 0 saturated heterocycles. The van der Waals surface area contributed by atoms with Crippen LogP contribution in [-0.4, -0.2) is 51.3 Å². The molecule has 0 aliphatic heterocycles. The highest BCUT2D eigenvalue weighted by molar-refractivity contribution is 4.44. The Labute approximate surface area is 57.6 Å². The summed E-state index contributed by atoms with van der Waals surface area (Å²) >= 11 is 0. The molecule has 0 bridgehead atoms. The molecule has 0 amide bonds. The molecule has 0 aromatic rings. The topological polar surface area (TPSA) is 18.5 Å². The number of nitrogens with one attached hydrogen (secondary N) is 1. The second-order valence-electron chi connectivity index (χ2n) is 2.33. The first-order valence-electron chi connectivity index (χ1n) is 3.21. The van der Waals surface area contributed by atoms with Crippen molar-refractivity contribution in [3.8, 4) is 0 Å². The number of nitrogens with zero attached hydrogens (tertiary/aromatic N) is 2. The number of rotatable bonds is 4. The smallest absolute Gasteiger partial charge is 0.0255 e. The van der Waals surface area contributed by atoms with E-state index in [0.29, 0.717) is 0 Å². The average molecular weight is 131 g/mol. The number of hydrogen-bond donors (Lipinski definition) is 1. The van der Waals surface area contributed by atoms with Crippen molar-refractivity contribution in [2.24, 2.45) is 0 Å². The van der Waals surface area contributed by atoms with Gasteiger partial charge in [-0.15, -0.1) is 0 Å². The van der Waals surface area contributed by atoms with Gasteiger partial charge in [-0.2, -0.15) is 0 Å². The van der Waals surface area contributed by atoms with Crippen molar-refractivity contribution in [2.45, 2.75) is 0 Å². The van der Waals surface area contributed by atoms with Gasteiger partial charge in [0.05, 0.1) is 0 Å². The summed E-state index contributed by atoms with van der Waals surface area (Å²) in [7, 11) is 8.10. The monoisotopic (exact) mass is 131 g/mol. The van der Waals surface area contributed by atoms with Crippen molar-refractivity contribution >= 4 is 0 Å². The van der Waals surface area contributed by atoms with Crippen LogP contribution in [0.1, 0.15) is 0 Å². The van der Waals surface area contributed by atoms with Crippen LogP contribution in [0.2, 0.25) is 0 Å². The third-order valence-electron chi connectivity index (χ3n) is 1.37. The van der Waals surface area contributed by atoms with Gasteiger partial charge in [0, 0.05) is 34.2 Å². The van der Waals surface area contributed by atoms with E-state index in [9.17, 15) is 0 Å². The van der Waals surface area contributed by atoms with Crippen molar-refractivity contribution in [2.75, 3.05) is 41.3 Å². The van der Waals surface area contributed by atoms with Gasteiger partial charge in [0.25, 0.3) is 0 Å². The third-order valence-corrected chi connectivity index (χ3v) is 1.37. The molecule has 0 rings (SSSR count). The maximum absolute atomic E-state index is 3.09. The first-order chi connectivity index (χ1) is 4.18. The molecule has 0 heterocycles. The standard InChI is InChI=1S/C6H17N3/c1-7-5-6-9(4)8(2)3/h7H,5-6H2,1-4H3. The van der Waals surface area contributed by atoms with Crippen LogP contribution in [0.25, 0.3) is 0 Å². The molecular formula is C6H17N3. The quantitative estimate of drug-likeness (QED) is 0.524. The Kier molecular flexibility index (Phi) is 4.67. The molecule has 0 aromatic carbocycles. The van der Waals surface area contributed by atoms with Gasteiger partial charge in [0.15, 0.2) is 0 Å². The van der Waals surface area contributed by atoms with Crippen molar-refractivity contribution in [1.29, 1.82) is 0 Å². The van der Waals surface area contributed by atoms with E-state index in [1.807, 2.05) is 21.1 Å². The maximum atomic E-state index is 3.09. The Morgan fingerprint density at radius 2 is 1.78 bits per heavy atom. The van der Waals surface area contributed by atoms with Gasteiger partial charge in [0.1, 0.15) is 0 Å². The second kappa shape index (κ2) is 4.73. The number of hydrogen-bond acceptors (Lipinski definition) is 3. The predicted molar refractivity (Wildman–Crippen MR) is 40.2 cm³/mol. The van der Waals surface area contributed by atoms with Crippen molar-refractivity contribution in [3.63, 3.8) is 0 Å². The highest BCUT2D eigenvalue weighted by Crippen LogP contribution is 1.81. The van der Waals surface area contributed by atoms with E-state index in [1.54, 1.807) is 0 Å². The first kappa shape index (κ1) is 8.88. The van der Waals surface area contributed by atoms with Crippen LogP contribution in [0.5, 0.6) is 0 Å². The van der Waals surface area contributed by atoms with Gasteiger partial charge >= 0.3 is 0 Å². The average Bonchev–Trinajstić information content (AvgIpc) is 1.82. The van der Waals surface area contributed by atoms with Crippen LogP contribution in [0.3, 0.4) is 0 Å². The molecule has 0 atom stereocenters. The van der Waals surface area contributed by atoms with Gasteiger partial charge < -0.3 is 5.32 Å². The minimum atomic E-state index is 1.04. The zero-order valence-corrected chi connectivity index (χ0v) is 6.81. The van der Waals surface area contributed by atoms with E-state index in [2.05, 4.69) is 22.4 Å². The minimum Gasteiger partial charge on any atom is -0.318 e. The fraction of sp³-hybridized carbons (Fsp3) is 1.00. The highest BCUT2D eigenvalue weighted by Gasteiger charge is 1.96. The van der Waals surface area contributed by atoms with Gasteiger partial charge in [-0.25, -0.2) is 10.0 Å². The summed E-state index contributed by atoms with van der Waals surface area (Å²) in [6.07, 6.45) is 0. The van der Waals surface area contributed by atoms with E-state index in [0.717, 1.165) is 13.1 Å². The number of likely N-dealkylation sites (N-methyl/N-ethyl adjacent to an activating group) is 2. The summed E-state index contributed by atoms with van der Waals surface area (Å²) in [5.74, 6) is 0. The lowest BCUT2D eigenvalue weighted by Crippen LogP contribution is -2.37. The summed E-state index contributed by atoms with van der Waals surface area (Å²) in [5.41, 5.74) is 0. The van der Waals surface area contributed by atoms with Crippen molar-refractivity contribution in [3.05, 3.63) is 0 Å². The van der Waals surface area contributed by atoms with Gasteiger partial charge in [-0.3, -0.25) is 0 Å². The molecule has 56 valence electrons. The summed E-state index contributed by atoms with van der Waals surface area (Å²) in [6, 6.07) is 0. The summed E-state index contributed by atoms with van der Waals surface area (Å²) < 4.78 is 0.